The summed E-state index contributed by atoms with van der Waals surface area (Å²) in [5.74, 6) is -0.0742. The molecule has 0 unspecified atom stereocenters. The second-order valence-electron chi connectivity index (χ2n) is 5.32. The zero-order chi connectivity index (χ0) is 18.8. The number of phenols is 1. The van der Waals surface area contributed by atoms with E-state index in [2.05, 4.69) is 25.9 Å². The van der Waals surface area contributed by atoms with Crippen LogP contribution in [0.25, 0.3) is 6.08 Å². The molecule has 1 aromatic heterocycles. The number of imide groups is 1. The van der Waals surface area contributed by atoms with E-state index in [0.717, 1.165) is 16.7 Å². The number of likely N-dealkylation sites (N-methyl/N-ethyl adjacent to an activating group) is 1. The van der Waals surface area contributed by atoms with Crippen LogP contribution in [0.4, 0.5) is 10.7 Å². The van der Waals surface area contributed by atoms with Crippen LogP contribution in [0, 0.1) is 0 Å². The fourth-order valence-electron chi connectivity index (χ4n) is 2.07. The van der Waals surface area contributed by atoms with Gasteiger partial charge in [0.15, 0.2) is 11.5 Å². The number of ether oxygens (including phenoxy) is 1. The number of nitrogens with zero attached hydrogens (tertiary/aromatic N) is 3. The molecule has 0 aliphatic carbocycles. The predicted molar refractivity (Wildman–Crippen MR) is 100 cm³/mol. The number of aromatic nitrogens is 2. The molecule has 2 aromatic rings. The molecule has 10 heteroatoms. The van der Waals surface area contributed by atoms with E-state index >= 15 is 0 Å². The molecule has 1 aromatic carbocycles. The van der Waals surface area contributed by atoms with Crippen molar-refractivity contribution in [3.63, 3.8) is 0 Å². The SMILES string of the molecule is CN1C(=O)S/C(=C\c2cc(OCc3cnc(N)nc3)c(O)cc2Br)C1=O. The Labute approximate surface area is 161 Å². The van der Waals surface area contributed by atoms with Crippen molar-refractivity contribution >= 4 is 50.9 Å². The number of benzene rings is 1. The van der Waals surface area contributed by atoms with Crippen molar-refractivity contribution in [2.24, 2.45) is 0 Å². The van der Waals surface area contributed by atoms with E-state index in [0.29, 0.717) is 20.5 Å². The number of hydrogen-bond donors (Lipinski definition) is 2. The number of phenolic OH excluding ortho intramolecular Hbond substituents is 1. The maximum absolute atomic E-state index is 12.0. The Hall–Kier alpha value is -2.59. The Morgan fingerprint density at radius 2 is 2.04 bits per heavy atom. The normalized spacial score (nSPS) is 15.8. The minimum absolute atomic E-state index is 0.0750. The Morgan fingerprint density at radius 3 is 2.65 bits per heavy atom. The summed E-state index contributed by atoms with van der Waals surface area (Å²) < 4.78 is 6.16. The number of nitrogen functional groups attached to an aromatic ring is 1. The van der Waals surface area contributed by atoms with Crippen molar-refractivity contribution in [3.8, 4) is 11.5 Å². The monoisotopic (exact) mass is 436 g/mol. The van der Waals surface area contributed by atoms with Gasteiger partial charge in [0.05, 0.1) is 4.91 Å². The highest BCUT2D eigenvalue weighted by Gasteiger charge is 2.32. The molecule has 26 heavy (non-hydrogen) atoms. The van der Waals surface area contributed by atoms with Gasteiger partial charge in [0, 0.05) is 29.5 Å². The summed E-state index contributed by atoms with van der Waals surface area (Å²) in [4.78, 5) is 32.7. The summed E-state index contributed by atoms with van der Waals surface area (Å²) in [5.41, 5.74) is 6.70. The van der Waals surface area contributed by atoms with Crippen molar-refractivity contribution in [2.75, 3.05) is 12.8 Å². The second-order valence-corrected chi connectivity index (χ2v) is 7.17. The van der Waals surface area contributed by atoms with Crippen molar-refractivity contribution < 1.29 is 19.4 Å². The third kappa shape index (κ3) is 3.81. The van der Waals surface area contributed by atoms with Crippen LogP contribution in [0.2, 0.25) is 0 Å². The van der Waals surface area contributed by atoms with E-state index in [1.807, 2.05) is 0 Å². The third-order valence-electron chi connectivity index (χ3n) is 3.47. The van der Waals surface area contributed by atoms with Gasteiger partial charge in [-0.2, -0.15) is 0 Å². The highest BCUT2D eigenvalue weighted by Crippen LogP contribution is 2.37. The van der Waals surface area contributed by atoms with Gasteiger partial charge < -0.3 is 15.6 Å². The molecule has 1 aliphatic heterocycles. The molecule has 8 nitrogen and oxygen atoms in total. The van der Waals surface area contributed by atoms with Crippen molar-refractivity contribution in [1.82, 2.24) is 14.9 Å². The largest absolute Gasteiger partial charge is 0.504 e. The van der Waals surface area contributed by atoms with E-state index in [1.54, 1.807) is 12.1 Å². The first kappa shape index (κ1) is 18.2. The first-order chi connectivity index (χ1) is 12.3. The number of aromatic hydroxyl groups is 1. The van der Waals surface area contributed by atoms with Gasteiger partial charge in [0.2, 0.25) is 5.95 Å². The molecular weight excluding hydrogens is 424 g/mol. The molecule has 2 amide bonds. The van der Waals surface area contributed by atoms with Crippen LogP contribution in [0.5, 0.6) is 11.5 Å². The van der Waals surface area contributed by atoms with Gasteiger partial charge in [-0.3, -0.25) is 14.5 Å². The fourth-order valence-corrected chi connectivity index (χ4v) is 3.34. The molecule has 134 valence electrons. The number of carbonyl (C=O) groups excluding carboxylic acids is 2. The Balaban J connectivity index is 1.84. The lowest BCUT2D eigenvalue weighted by Gasteiger charge is -2.10. The lowest BCUT2D eigenvalue weighted by atomic mass is 10.2. The molecule has 0 atom stereocenters. The summed E-state index contributed by atoms with van der Waals surface area (Å²) in [5, 5.41) is 9.74. The van der Waals surface area contributed by atoms with Gasteiger partial charge in [0.25, 0.3) is 11.1 Å². The maximum Gasteiger partial charge on any atom is 0.293 e. The average Bonchev–Trinajstić information content (AvgIpc) is 2.84. The molecule has 3 N–H and O–H groups in total. The van der Waals surface area contributed by atoms with Gasteiger partial charge in [0.1, 0.15) is 6.61 Å². The van der Waals surface area contributed by atoms with E-state index in [1.165, 1.54) is 25.5 Å². The quantitative estimate of drug-likeness (QED) is 0.701. The van der Waals surface area contributed by atoms with E-state index in [9.17, 15) is 14.7 Å². The fraction of sp³-hybridized carbons (Fsp3) is 0.125. The summed E-state index contributed by atoms with van der Waals surface area (Å²) in [6.07, 6.45) is 4.62. The number of amides is 2. The molecule has 1 fully saturated rings. The summed E-state index contributed by atoms with van der Waals surface area (Å²) in [6.45, 7) is 0.125. The Morgan fingerprint density at radius 1 is 1.35 bits per heavy atom. The minimum Gasteiger partial charge on any atom is -0.504 e. The van der Waals surface area contributed by atoms with Crippen LogP contribution in [0.3, 0.4) is 0 Å². The molecule has 0 saturated carbocycles. The average molecular weight is 437 g/mol. The van der Waals surface area contributed by atoms with Crippen LogP contribution < -0.4 is 10.5 Å². The van der Waals surface area contributed by atoms with Crippen LogP contribution in [0.1, 0.15) is 11.1 Å². The van der Waals surface area contributed by atoms with Gasteiger partial charge >= 0.3 is 0 Å². The van der Waals surface area contributed by atoms with Gasteiger partial charge in [-0.05, 0) is 35.5 Å². The number of halogens is 1. The van der Waals surface area contributed by atoms with Crippen molar-refractivity contribution in [1.29, 1.82) is 0 Å². The Kier molecular flexibility index (Phi) is 5.14. The van der Waals surface area contributed by atoms with E-state index in [4.69, 9.17) is 10.5 Å². The van der Waals surface area contributed by atoms with Crippen molar-refractivity contribution in [3.05, 3.63) is 45.0 Å². The van der Waals surface area contributed by atoms with Gasteiger partial charge in [-0.1, -0.05) is 15.9 Å². The number of rotatable bonds is 4. The molecule has 1 saturated heterocycles. The minimum atomic E-state index is -0.374. The van der Waals surface area contributed by atoms with Crippen molar-refractivity contribution in [2.45, 2.75) is 6.61 Å². The van der Waals surface area contributed by atoms with E-state index < -0.39 is 0 Å². The number of hydrogen-bond acceptors (Lipinski definition) is 8. The third-order valence-corrected chi connectivity index (χ3v) is 5.12. The van der Waals surface area contributed by atoms with Crippen LogP contribution >= 0.6 is 27.7 Å². The second kappa shape index (κ2) is 7.34. The summed E-state index contributed by atoms with van der Waals surface area (Å²) in [7, 11) is 1.42. The van der Waals surface area contributed by atoms with Crippen LogP contribution in [-0.4, -0.2) is 38.2 Å². The molecular formula is C16H13BrN4O4S. The smallest absolute Gasteiger partial charge is 0.293 e. The lowest BCUT2D eigenvalue weighted by molar-refractivity contribution is -0.121. The number of anilines is 1. The lowest BCUT2D eigenvalue weighted by Crippen LogP contribution is -2.22. The molecule has 1 aliphatic rings. The zero-order valence-corrected chi connectivity index (χ0v) is 15.9. The number of nitrogens with two attached hydrogens (primary N) is 1. The first-order valence-electron chi connectivity index (χ1n) is 7.28. The molecule has 0 bridgehead atoms. The van der Waals surface area contributed by atoms with Gasteiger partial charge in [-0.15, -0.1) is 0 Å². The molecule has 2 heterocycles. The van der Waals surface area contributed by atoms with Crippen LogP contribution in [-0.2, 0) is 11.4 Å². The summed E-state index contributed by atoms with van der Waals surface area (Å²) in [6, 6.07) is 3.03. The standard InChI is InChI=1S/C16H13BrN4O4S/c1-21-14(23)13(26-16(21)24)3-9-2-12(11(22)4-10(9)17)25-7-8-5-19-15(18)20-6-8/h2-6,22H,7H2,1H3,(H2,18,19,20)/b13-3-. The number of carbonyl (C=O) groups is 2. The Bertz CT molecular complexity index is 917. The maximum atomic E-state index is 12.0. The molecule has 0 radical (unpaired) electrons. The highest BCUT2D eigenvalue weighted by molar-refractivity contribution is 9.10. The van der Waals surface area contributed by atoms with E-state index in [-0.39, 0.29) is 35.2 Å². The molecule has 3 rings (SSSR count). The predicted octanol–water partition coefficient (Wildman–Crippen LogP) is 2.77. The highest BCUT2D eigenvalue weighted by atomic mass is 79.9. The molecule has 0 spiro atoms. The van der Waals surface area contributed by atoms with Crippen LogP contribution in [0.15, 0.2) is 33.9 Å². The topological polar surface area (TPSA) is 119 Å². The summed E-state index contributed by atoms with van der Waals surface area (Å²) >= 11 is 4.18. The van der Waals surface area contributed by atoms with Gasteiger partial charge in [-0.25, -0.2) is 9.97 Å². The number of thioether (sulfide) groups is 1. The first-order valence-corrected chi connectivity index (χ1v) is 8.89. The zero-order valence-electron chi connectivity index (χ0n) is 13.5.